The summed E-state index contributed by atoms with van der Waals surface area (Å²) in [7, 11) is 5.39. The normalized spacial score (nSPS) is 10.4. The molecule has 7 heteroatoms. The lowest BCUT2D eigenvalue weighted by molar-refractivity contribution is 0.397. The van der Waals surface area contributed by atoms with E-state index in [9.17, 15) is 4.39 Å². The first-order valence-corrected chi connectivity index (χ1v) is 7.10. The number of anilines is 2. The van der Waals surface area contributed by atoms with Gasteiger partial charge in [0, 0.05) is 19.1 Å². The van der Waals surface area contributed by atoms with Crippen LogP contribution in [0.4, 0.5) is 15.2 Å². The number of methoxy groups -OCH3 is 1. The summed E-state index contributed by atoms with van der Waals surface area (Å²) in [6.07, 6.45) is 0. The fourth-order valence-electron chi connectivity index (χ4n) is 1.60. The maximum absolute atomic E-state index is 13.7. The summed E-state index contributed by atoms with van der Waals surface area (Å²) in [6.45, 7) is 0.438. The molecule has 2 aromatic rings. The van der Waals surface area contributed by atoms with Gasteiger partial charge in [-0.2, -0.15) is 4.98 Å². The first-order valence-electron chi connectivity index (χ1n) is 5.91. The second kappa shape index (κ2) is 6.28. The van der Waals surface area contributed by atoms with Crippen molar-refractivity contribution in [3.63, 3.8) is 0 Å². The number of ether oxygens (including phenoxy) is 1. The van der Waals surface area contributed by atoms with Crippen molar-refractivity contribution in [1.82, 2.24) is 4.98 Å². The van der Waals surface area contributed by atoms with Crippen LogP contribution in [0.15, 0.2) is 18.2 Å². The van der Waals surface area contributed by atoms with Gasteiger partial charge in [-0.25, -0.2) is 4.39 Å². The zero-order valence-corrected chi connectivity index (χ0v) is 13.0. The fraction of sp³-hybridized carbons (Fsp3) is 0.308. The average Bonchev–Trinajstić information content (AvgIpc) is 2.81. The molecule has 0 aliphatic rings. The van der Waals surface area contributed by atoms with Crippen molar-refractivity contribution in [2.24, 2.45) is 0 Å². The lowest BCUT2D eigenvalue weighted by Crippen LogP contribution is -2.07. The van der Waals surface area contributed by atoms with Gasteiger partial charge in [0.25, 0.3) is 0 Å². The molecule has 1 aromatic carbocycles. The van der Waals surface area contributed by atoms with E-state index in [0.717, 1.165) is 10.0 Å². The van der Waals surface area contributed by atoms with E-state index in [1.165, 1.54) is 17.4 Å². The van der Waals surface area contributed by atoms with E-state index in [4.69, 9.17) is 16.3 Å². The predicted molar refractivity (Wildman–Crippen MR) is 81.7 cm³/mol. The zero-order chi connectivity index (χ0) is 14.7. The molecule has 0 bridgehead atoms. The molecule has 4 nitrogen and oxygen atoms in total. The number of rotatable bonds is 5. The van der Waals surface area contributed by atoms with Gasteiger partial charge in [-0.15, -0.1) is 0 Å². The minimum atomic E-state index is -0.381. The number of halogens is 2. The van der Waals surface area contributed by atoms with E-state index in [-0.39, 0.29) is 5.82 Å². The van der Waals surface area contributed by atoms with Gasteiger partial charge in [0.1, 0.15) is 5.82 Å². The van der Waals surface area contributed by atoms with Crippen LogP contribution in [-0.2, 0) is 6.54 Å². The summed E-state index contributed by atoms with van der Waals surface area (Å²) in [5.41, 5.74) is 0.399. The SMILES string of the molecule is COc1nc(N(C)C)sc1CNc1ccc(Cl)cc1F. The molecule has 0 aliphatic heterocycles. The highest BCUT2D eigenvalue weighted by atomic mass is 35.5. The van der Waals surface area contributed by atoms with E-state index < -0.39 is 0 Å². The summed E-state index contributed by atoms with van der Waals surface area (Å²) in [5, 5.41) is 4.24. The topological polar surface area (TPSA) is 37.4 Å². The average molecular weight is 316 g/mol. The predicted octanol–water partition coefficient (Wildman–Crippen LogP) is 3.62. The van der Waals surface area contributed by atoms with Crippen molar-refractivity contribution in [1.29, 1.82) is 0 Å². The molecule has 1 heterocycles. The van der Waals surface area contributed by atoms with E-state index in [0.29, 0.717) is 23.1 Å². The van der Waals surface area contributed by atoms with Crippen LogP contribution in [0.1, 0.15) is 4.88 Å². The molecule has 0 aliphatic carbocycles. The number of benzene rings is 1. The van der Waals surface area contributed by atoms with Gasteiger partial charge >= 0.3 is 0 Å². The van der Waals surface area contributed by atoms with Crippen molar-refractivity contribution in [2.45, 2.75) is 6.54 Å². The maximum Gasteiger partial charge on any atom is 0.231 e. The maximum atomic E-state index is 13.7. The minimum absolute atomic E-state index is 0.373. The quantitative estimate of drug-likeness (QED) is 0.914. The number of thiazole rings is 1. The molecular weight excluding hydrogens is 301 g/mol. The number of aromatic nitrogens is 1. The first-order chi connectivity index (χ1) is 9.51. The van der Waals surface area contributed by atoms with Crippen LogP contribution >= 0.6 is 22.9 Å². The fourth-order valence-corrected chi connectivity index (χ4v) is 2.65. The monoisotopic (exact) mass is 315 g/mol. The van der Waals surface area contributed by atoms with Gasteiger partial charge in [0.15, 0.2) is 5.13 Å². The third kappa shape index (κ3) is 3.32. The summed E-state index contributed by atoms with van der Waals surface area (Å²) in [5.74, 6) is 0.175. The Labute approximate surface area is 126 Å². The van der Waals surface area contributed by atoms with E-state index >= 15 is 0 Å². The number of nitrogens with zero attached hydrogens (tertiary/aromatic N) is 2. The van der Waals surface area contributed by atoms with E-state index in [2.05, 4.69) is 10.3 Å². The Morgan fingerprint density at radius 3 is 2.80 bits per heavy atom. The van der Waals surface area contributed by atoms with Gasteiger partial charge < -0.3 is 15.0 Å². The largest absolute Gasteiger partial charge is 0.480 e. The molecule has 0 spiro atoms. The van der Waals surface area contributed by atoms with Gasteiger partial charge in [0.05, 0.1) is 24.2 Å². The van der Waals surface area contributed by atoms with Crippen LogP contribution in [0.25, 0.3) is 0 Å². The smallest absolute Gasteiger partial charge is 0.231 e. The molecule has 0 fully saturated rings. The van der Waals surface area contributed by atoms with Gasteiger partial charge in [-0.3, -0.25) is 0 Å². The van der Waals surface area contributed by atoms with Crippen molar-refractivity contribution >= 4 is 33.8 Å². The molecule has 0 radical (unpaired) electrons. The molecule has 20 heavy (non-hydrogen) atoms. The molecule has 0 saturated carbocycles. The lowest BCUT2D eigenvalue weighted by Gasteiger charge is -2.07. The summed E-state index contributed by atoms with van der Waals surface area (Å²) in [4.78, 5) is 7.15. The highest BCUT2D eigenvalue weighted by Crippen LogP contribution is 2.31. The molecule has 0 saturated heterocycles. The first kappa shape index (κ1) is 14.9. The molecule has 0 amide bonds. The summed E-state index contributed by atoms with van der Waals surface area (Å²) < 4.78 is 18.9. The highest BCUT2D eigenvalue weighted by Gasteiger charge is 2.13. The second-order valence-electron chi connectivity index (χ2n) is 4.30. The Morgan fingerprint density at radius 1 is 1.45 bits per heavy atom. The van der Waals surface area contributed by atoms with Crippen molar-refractivity contribution < 1.29 is 9.13 Å². The molecule has 108 valence electrons. The van der Waals surface area contributed by atoms with Crippen molar-refractivity contribution in [2.75, 3.05) is 31.4 Å². The Kier molecular flexibility index (Phi) is 4.67. The Hall–Kier alpha value is -1.53. The van der Waals surface area contributed by atoms with Gasteiger partial charge in [-0.05, 0) is 18.2 Å². The molecule has 2 rings (SSSR count). The molecule has 0 unspecified atom stereocenters. The minimum Gasteiger partial charge on any atom is -0.480 e. The molecule has 1 aromatic heterocycles. The summed E-state index contributed by atoms with van der Waals surface area (Å²) >= 11 is 7.22. The standard InChI is InChI=1S/C13H15ClFN3OS/c1-18(2)13-17-12(19-3)11(20-13)7-16-10-5-4-8(14)6-9(10)15/h4-6,16H,7H2,1-3H3. The lowest BCUT2D eigenvalue weighted by atomic mass is 10.3. The number of hydrogen-bond donors (Lipinski definition) is 1. The van der Waals surface area contributed by atoms with E-state index in [1.54, 1.807) is 19.2 Å². The van der Waals surface area contributed by atoms with Crippen LogP contribution in [-0.4, -0.2) is 26.2 Å². The third-order valence-corrected chi connectivity index (χ3v) is 4.04. The molecular formula is C13H15ClFN3OS. The molecule has 0 atom stereocenters. The van der Waals surface area contributed by atoms with Crippen LogP contribution in [0.5, 0.6) is 5.88 Å². The van der Waals surface area contributed by atoms with Crippen LogP contribution in [0, 0.1) is 5.82 Å². The number of hydrogen-bond acceptors (Lipinski definition) is 5. The Balaban J connectivity index is 2.14. The molecule has 1 N–H and O–H groups in total. The van der Waals surface area contributed by atoms with Gasteiger partial charge in [0.2, 0.25) is 5.88 Å². The second-order valence-corrected chi connectivity index (χ2v) is 5.80. The van der Waals surface area contributed by atoms with Gasteiger partial charge in [-0.1, -0.05) is 22.9 Å². The zero-order valence-electron chi connectivity index (χ0n) is 11.4. The number of nitrogens with one attached hydrogen (secondary N) is 1. The van der Waals surface area contributed by atoms with E-state index in [1.807, 2.05) is 19.0 Å². The van der Waals surface area contributed by atoms with Crippen molar-refractivity contribution in [3.8, 4) is 5.88 Å². The Morgan fingerprint density at radius 2 is 2.20 bits per heavy atom. The third-order valence-electron chi connectivity index (χ3n) is 2.60. The Bertz CT molecular complexity index is 603. The van der Waals surface area contributed by atoms with Crippen LogP contribution in [0.2, 0.25) is 5.02 Å². The van der Waals surface area contributed by atoms with Crippen molar-refractivity contribution in [3.05, 3.63) is 33.9 Å². The van der Waals surface area contributed by atoms with Crippen LogP contribution < -0.4 is 15.0 Å². The highest BCUT2D eigenvalue weighted by molar-refractivity contribution is 7.15. The summed E-state index contributed by atoms with van der Waals surface area (Å²) in [6, 6.07) is 4.53. The van der Waals surface area contributed by atoms with Crippen LogP contribution in [0.3, 0.4) is 0 Å².